The molecule has 0 heterocycles. The minimum absolute atomic E-state index is 0.293. The van der Waals surface area contributed by atoms with Gasteiger partial charge in [0.05, 0.1) is 0 Å². The van der Waals surface area contributed by atoms with Crippen LogP contribution >= 0.6 is 0 Å². The van der Waals surface area contributed by atoms with Crippen molar-refractivity contribution in [2.75, 3.05) is 11.5 Å². The van der Waals surface area contributed by atoms with Gasteiger partial charge in [-0.1, -0.05) is 37.3 Å². The molecule has 1 unspecified atom stereocenters. The van der Waals surface area contributed by atoms with Crippen LogP contribution < -0.4 is 11.5 Å². The first-order chi connectivity index (χ1) is 7.68. The summed E-state index contributed by atoms with van der Waals surface area (Å²) in [6.45, 7) is 2.15. The molecular weight excluding hydrogens is 196 g/mol. The van der Waals surface area contributed by atoms with E-state index in [1.54, 1.807) is 0 Å². The molecule has 0 aliphatic rings. The maximum atomic E-state index is 5.96. The van der Waals surface area contributed by atoms with E-state index in [0.717, 1.165) is 16.9 Å². The molecule has 0 amide bonds. The number of benzene rings is 2. The molecule has 2 heteroatoms. The lowest BCUT2D eigenvalue weighted by Gasteiger charge is -2.14. The van der Waals surface area contributed by atoms with E-state index in [1.165, 1.54) is 5.56 Å². The van der Waals surface area contributed by atoms with Gasteiger partial charge in [-0.15, -0.1) is 0 Å². The molecule has 0 saturated heterocycles. The number of hydrogen-bond acceptors (Lipinski definition) is 2. The Bertz CT molecular complexity index is 474. The first-order valence-electron chi connectivity index (χ1n) is 5.38. The summed E-state index contributed by atoms with van der Waals surface area (Å²) in [6, 6.07) is 15.9. The third-order valence-electron chi connectivity index (χ3n) is 2.90. The zero-order chi connectivity index (χ0) is 11.5. The molecule has 0 bridgehead atoms. The van der Waals surface area contributed by atoms with E-state index in [9.17, 15) is 0 Å². The van der Waals surface area contributed by atoms with Crippen molar-refractivity contribution < 1.29 is 0 Å². The molecule has 2 aromatic rings. The molecule has 2 nitrogen and oxygen atoms in total. The van der Waals surface area contributed by atoms with Gasteiger partial charge >= 0.3 is 0 Å². The summed E-state index contributed by atoms with van der Waals surface area (Å²) in [5.41, 5.74) is 15.7. The molecule has 2 rings (SSSR count). The predicted octanol–water partition coefficient (Wildman–Crippen LogP) is 3.00. The van der Waals surface area contributed by atoms with Crippen molar-refractivity contribution in [1.29, 1.82) is 0 Å². The highest BCUT2D eigenvalue weighted by Gasteiger charge is 2.10. The van der Waals surface area contributed by atoms with Gasteiger partial charge in [0.25, 0.3) is 0 Å². The number of rotatable bonds is 2. The van der Waals surface area contributed by atoms with Gasteiger partial charge in [-0.25, -0.2) is 0 Å². The Morgan fingerprint density at radius 1 is 0.875 bits per heavy atom. The predicted molar refractivity (Wildman–Crippen MR) is 69.2 cm³/mol. The van der Waals surface area contributed by atoms with E-state index >= 15 is 0 Å². The fourth-order valence-electron chi connectivity index (χ4n) is 1.87. The highest BCUT2D eigenvalue weighted by atomic mass is 14.6. The maximum Gasteiger partial charge on any atom is 0.0352 e. The number of hydrogen-bond donors (Lipinski definition) is 2. The average Bonchev–Trinajstić information content (AvgIpc) is 2.30. The molecule has 82 valence electrons. The Labute approximate surface area is 95.9 Å². The normalized spacial score (nSPS) is 12.3. The van der Waals surface area contributed by atoms with Gasteiger partial charge in [0.1, 0.15) is 0 Å². The molecule has 0 aromatic heterocycles. The van der Waals surface area contributed by atoms with E-state index < -0.39 is 0 Å². The Hall–Kier alpha value is -1.96. The molecule has 16 heavy (non-hydrogen) atoms. The van der Waals surface area contributed by atoms with Crippen molar-refractivity contribution in [3.63, 3.8) is 0 Å². The van der Waals surface area contributed by atoms with Crippen molar-refractivity contribution in [2.24, 2.45) is 0 Å². The lowest BCUT2D eigenvalue weighted by Crippen LogP contribution is -2.00. The number of para-hydroxylation sites is 1. The quantitative estimate of drug-likeness (QED) is 0.752. The summed E-state index contributed by atoms with van der Waals surface area (Å²) in [5, 5.41) is 0. The van der Waals surface area contributed by atoms with Crippen molar-refractivity contribution in [3.8, 4) is 0 Å². The van der Waals surface area contributed by atoms with Crippen molar-refractivity contribution >= 4 is 11.4 Å². The molecule has 0 aliphatic carbocycles. The van der Waals surface area contributed by atoms with Crippen molar-refractivity contribution in [3.05, 3.63) is 59.7 Å². The molecule has 4 N–H and O–H groups in total. The Balaban J connectivity index is 2.35. The van der Waals surface area contributed by atoms with Crippen LogP contribution in [0, 0.1) is 0 Å². The molecule has 0 radical (unpaired) electrons. The minimum Gasteiger partial charge on any atom is -0.399 e. The number of nitrogen functional groups attached to an aromatic ring is 2. The van der Waals surface area contributed by atoms with Crippen LogP contribution in [0.4, 0.5) is 11.4 Å². The lowest BCUT2D eigenvalue weighted by molar-refractivity contribution is 0.926. The van der Waals surface area contributed by atoms with Crippen LogP contribution in [0.2, 0.25) is 0 Å². The number of anilines is 2. The molecule has 0 fully saturated rings. The lowest BCUT2D eigenvalue weighted by atomic mass is 9.92. The third-order valence-corrected chi connectivity index (χ3v) is 2.90. The Morgan fingerprint density at radius 2 is 1.50 bits per heavy atom. The van der Waals surface area contributed by atoms with E-state index in [4.69, 9.17) is 11.5 Å². The van der Waals surface area contributed by atoms with Gasteiger partial charge < -0.3 is 11.5 Å². The van der Waals surface area contributed by atoms with Crippen molar-refractivity contribution in [1.82, 2.24) is 0 Å². The Kier molecular flexibility index (Phi) is 2.82. The molecule has 0 spiro atoms. The topological polar surface area (TPSA) is 52.0 Å². The fraction of sp³-hybridized carbons (Fsp3) is 0.143. The van der Waals surface area contributed by atoms with E-state index in [0.29, 0.717) is 5.92 Å². The average molecular weight is 212 g/mol. The van der Waals surface area contributed by atoms with E-state index in [-0.39, 0.29) is 0 Å². The van der Waals surface area contributed by atoms with Gasteiger partial charge in [-0.3, -0.25) is 0 Å². The zero-order valence-corrected chi connectivity index (χ0v) is 9.35. The monoisotopic (exact) mass is 212 g/mol. The molecule has 0 saturated carbocycles. The van der Waals surface area contributed by atoms with Gasteiger partial charge in [0.15, 0.2) is 0 Å². The summed E-state index contributed by atoms with van der Waals surface area (Å²) >= 11 is 0. The summed E-state index contributed by atoms with van der Waals surface area (Å²) in [6.07, 6.45) is 0. The second-order valence-corrected chi connectivity index (χ2v) is 4.02. The highest BCUT2D eigenvalue weighted by Crippen LogP contribution is 2.28. The second kappa shape index (κ2) is 4.27. The van der Waals surface area contributed by atoms with Crippen LogP contribution in [0.3, 0.4) is 0 Å². The first-order valence-corrected chi connectivity index (χ1v) is 5.38. The molecule has 1 atom stereocenters. The standard InChI is InChI=1S/C14H16N2/c1-10(11-6-8-12(15)9-7-11)13-4-2-3-5-14(13)16/h2-10H,15-16H2,1H3. The third kappa shape index (κ3) is 2.01. The molecule has 0 aliphatic heterocycles. The van der Waals surface area contributed by atoms with Crippen LogP contribution in [0.1, 0.15) is 24.0 Å². The number of nitrogens with two attached hydrogens (primary N) is 2. The first kappa shape index (κ1) is 10.6. The minimum atomic E-state index is 0.293. The fourth-order valence-corrected chi connectivity index (χ4v) is 1.87. The van der Waals surface area contributed by atoms with E-state index in [1.807, 2.05) is 42.5 Å². The molecule has 2 aromatic carbocycles. The van der Waals surface area contributed by atoms with Gasteiger partial charge in [0, 0.05) is 17.3 Å². The maximum absolute atomic E-state index is 5.96. The SMILES string of the molecule is CC(c1ccc(N)cc1)c1ccccc1N. The van der Waals surface area contributed by atoms with Gasteiger partial charge in [-0.05, 0) is 29.3 Å². The Morgan fingerprint density at radius 3 is 2.12 bits per heavy atom. The van der Waals surface area contributed by atoms with Gasteiger partial charge in [-0.2, -0.15) is 0 Å². The van der Waals surface area contributed by atoms with Crippen LogP contribution in [0.5, 0.6) is 0 Å². The van der Waals surface area contributed by atoms with Crippen LogP contribution in [0.25, 0.3) is 0 Å². The van der Waals surface area contributed by atoms with Crippen LogP contribution in [0.15, 0.2) is 48.5 Å². The second-order valence-electron chi connectivity index (χ2n) is 4.02. The summed E-state index contributed by atoms with van der Waals surface area (Å²) < 4.78 is 0. The van der Waals surface area contributed by atoms with Crippen molar-refractivity contribution in [2.45, 2.75) is 12.8 Å². The van der Waals surface area contributed by atoms with Gasteiger partial charge in [0.2, 0.25) is 0 Å². The molecular formula is C14H16N2. The summed E-state index contributed by atoms with van der Waals surface area (Å²) in [4.78, 5) is 0. The van der Waals surface area contributed by atoms with E-state index in [2.05, 4.69) is 13.0 Å². The van der Waals surface area contributed by atoms with Crippen LogP contribution in [-0.2, 0) is 0 Å². The largest absolute Gasteiger partial charge is 0.399 e. The zero-order valence-electron chi connectivity index (χ0n) is 9.35. The smallest absolute Gasteiger partial charge is 0.0352 e. The van der Waals surface area contributed by atoms with Crippen LogP contribution in [-0.4, -0.2) is 0 Å². The summed E-state index contributed by atoms with van der Waals surface area (Å²) in [7, 11) is 0. The highest BCUT2D eigenvalue weighted by molar-refractivity contribution is 5.52. The summed E-state index contributed by atoms with van der Waals surface area (Å²) in [5.74, 6) is 0.293.